The smallest absolute Gasteiger partial charge is 0.307 e. The Morgan fingerprint density at radius 3 is 2.57 bits per heavy atom. The molecule has 0 saturated carbocycles. The molecule has 0 aliphatic carbocycles. The van der Waals surface area contributed by atoms with Crippen molar-refractivity contribution in [3.05, 3.63) is 39.9 Å². The van der Waals surface area contributed by atoms with E-state index < -0.39 is 4.92 Å². The molecule has 1 aromatic carbocycles. The van der Waals surface area contributed by atoms with E-state index >= 15 is 0 Å². The van der Waals surface area contributed by atoms with Crippen LogP contribution in [0.4, 0.5) is 5.69 Å². The van der Waals surface area contributed by atoms with Crippen LogP contribution in [0, 0.1) is 10.1 Å². The molecule has 0 radical (unpaired) electrons. The summed E-state index contributed by atoms with van der Waals surface area (Å²) in [5, 5.41) is 11.0. The van der Waals surface area contributed by atoms with Gasteiger partial charge >= 0.3 is 5.97 Å². The first-order valence-corrected chi connectivity index (χ1v) is 7.56. The number of para-hydroxylation sites is 1. The maximum Gasteiger partial charge on any atom is 0.307 e. The Bertz CT molecular complexity index is 559. The number of nitrogens with zero attached hydrogens (tertiary/aromatic N) is 2. The largest absolute Gasteiger partial charge is 0.469 e. The van der Waals surface area contributed by atoms with Gasteiger partial charge in [-0.05, 0) is 6.42 Å². The predicted octanol–water partition coefficient (Wildman–Crippen LogP) is 2.33. The molecule has 0 unspecified atom stereocenters. The number of esters is 1. The van der Waals surface area contributed by atoms with Gasteiger partial charge in [0.15, 0.2) is 0 Å². The molecule has 7 nitrogen and oxygen atoms in total. The van der Waals surface area contributed by atoms with Crippen LogP contribution in [0.2, 0.25) is 0 Å². The van der Waals surface area contributed by atoms with E-state index in [1.807, 2.05) is 6.92 Å². The lowest BCUT2D eigenvalue weighted by Crippen LogP contribution is -2.35. The molecule has 0 bridgehead atoms. The monoisotopic (exact) mass is 322 g/mol. The van der Waals surface area contributed by atoms with E-state index in [1.165, 1.54) is 13.2 Å². The van der Waals surface area contributed by atoms with Crippen LogP contribution in [0.5, 0.6) is 0 Å². The Hall–Kier alpha value is -2.44. The summed E-state index contributed by atoms with van der Waals surface area (Å²) in [6.45, 7) is 2.78. The van der Waals surface area contributed by atoms with Gasteiger partial charge in [0, 0.05) is 24.7 Å². The number of unbranched alkanes of at least 4 members (excludes halogenated alkanes) is 1. The van der Waals surface area contributed by atoms with Crippen LogP contribution in [-0.4, -0.2) is 41.9 Å². The number of ether oxygens (including phenoxy) is 1. The first kappa shape index (κ1) is 18.6. The lowest BCUT2D eigenvalue weighted by molar-refractivity contribution is -0.385. The maximum absolute atomic E-state index is 12.4. The van der Waals surface area contributed by atoms with Crippen molar-refractivity contribution >= 4 is 17.6 Å². The molecule has 1 amide bonds. The normalized spacial score (nSPS) is 10.2. The number of carbonyl (C=O) groups is 2. The third-order valence-corrected chi connectivity index (χ3v) is 3.48. The van der Waals surface area contributed by atoms with Gasteiger partial charge < -0.3 is 9.64 Å². The van der Waals surface area contributed by atoms with E-state index in [-0.39, 0.29) is 37.0 Å². The maximum atomic E-state index is 12.4. The molecule has 0 heterocycles. The van der Waals surface area contributed by atoms with Crippen molar-refractivity contribution in [1.82, 2.24) is 4.90 Å². The number of methoxy groups -OCH3 is 1. The van der Waals surface area contributed by atoms with Crippen LogP contribution in [-0.2, 0) is 20.7 Å². The molecule has 0 N–H and O–H groups in total. The molecular weight excluding hydrogens is 300 g/mol. The summed E-state index contributed by atoms with van der Waals surface area (Å²) in [6, 6.07) is 6.19. The predicted molar refractivity (Wildman–Crippen MR) is 84.9 cm³/mol. The van der Waals surface area contributed by atoms with Gasteiger partial charge in [0.1, 0.15) is 0 Å². The molecular formula is C16H22N2O5. The standard InChI is InChI=1S/C16H22N2O5/c1-3-4-10-17(11-9-16(20)23-2)15(19)12-13-7-5-6-8-14(13)18(21)22/h5-8H,3-4,9-12H2,1-2H3. The summed E-state index contributed by atoms with van der Waals surface area (Å²) in [6.07, 6.45) is 1.78. The third kappa shape index (κ3) is 6.06. The van der Waals surface area contributed by atoms with Crippen LogP contribution in [0.15, 0.2) is 24.3 Å². The van der Waals surface area contributed by atoms with Crippen molar-refractivity contribution in [2.45, 2.75) is 32.6 Å². The molecule has 23 heavy (non-hydrogen) atoms. The van der Waals surface area contributed by atoms with E-state index in [2.05, 4.69) is 4.74 Å². The zero-order valence-corrected chi connectivity index (χ0v) is 13.5. The molecule has 0 aliphatic rings. The number of benzene rings is 1. The Morgan fingerprint density at radius 1 is 1.26 bits per heavy atom. The van der Waals surface area contributed by atoms with E-state index in [9.17, 15) is 19.7 Å². The van der Waals surface area contributed by atoms with Crippen molar-refractivity contribution in [2.75, 3.05) is 20.2 Å². The Balaban J connectivity index is 2.80. The van der Waals surface area contributed by atoms with E-state index in [0.717, 1.165) is 12.8 Å². The fourth-order valence-electron chi connectivity index (χ4n) is 2.15. The van der Waals surface area contributed by atoms with Crippen molar-refractivity contribution in [3.63, 3.8) is 0 Å². The average molecular weight is 322 g/mol. The molecule has 1 aromatic rings. The van der Waals surface area contributed by atoms with Crippen LogP contribution in [0.25, 0.3) is 0 Å². The first-order chi connectivity index (χ1) is 11.0. The van der Waals surface area contributed by atoms with E-state index in [1.54, 1.807) is 23.1 Å². The number of rotatable bonds is 9. The molecule has 0 aromatic heterocycles. The Morgan fingerprint density at radius 2 is 1.96 bits per heavy atom. The number of hydrogen-bond donors (Lipinski definition) is 0. The van der Waals surface area contributed by atoms with Gasteiger partial charge in [0.2, 0.25) is 5.91 Å². The average Bonchev–Trinajstić information content (AvgIpc) is 2.54. The summed E-state index contributed by atoms with van der Waals surface area (Å²) in [5.41, 5.74) is 0.311. The lowest BCUT2D eigenvalue weighted by atomic mass is 10.1. The van der Waals surface area contributed by atoms with Crippen LogP contribution < -0.4 is 0 Å². The third-order valence-electron chi connectivity index (χ3n) is 3.48. The second-order valence-electron chi connectivity index (χ2n) is 5.12. The molecule has 1 rings (SSSR count). The minimum atomic E-state index is -0.493. The minimum Gasteiger partial charge on any atom is -0.469 e. The highest BCUT2D eigenvalue weighted by Gasteiger charge is 2.20. The van der Waals surface area contributed by atoms with Crippen LogP contribution >= 0.6 is 0 Å². The van der Waals surface area contributed by atoms with Crippen LogP contribution in [0.1, 0.15) is 31.7 Å². The van der Waals surface area contributed by atoms with Gasteiger partial charge in [-0.1, -0.05) is 31.5 Å². The van der Waals surface area contributed by atoms with Crippen molar-refractivity contribution in [2.24, 2.45) is 0 Å². The number of nitro groups is 1. The number of carbonyl (C=O) groups excluding carboxylic acids is 2. The quantitative estimate of drug-likeness (QED) is 0.395. The second kappa shape index (κ2) is 9.55. The summed E-state index contributed by atoms with van der Waals surface area (Å²) in [7, 11) is 1.30. The number of amides is 1. The lowest BCUT2D eigenvalue weighted by Gasteiger charge is -2.22. The van der Waals surface area contributed by atoms with Gasteiger partial charge in [-0.3, -0.25) is 19.7 Å². The van der Waals surface area contributed by atoms with Crippen LogP contribution in [0.3, 0.4) is 0 Å². The Labute approximate surface area is 135 Å². The van der Waals surface area contributed by atoms with E-state index in [4.69, 9.17) is 0 Å². The number of hydrogen-bond acceptors (Lipinski definition) is 5. The minimum absolute atomic E-state index is 0.0535. The molecule has 7 heteroatoms. The second-order valence-corrected chi connectivity index (χ2v) is 5.12. The van der Waals surface area contributed by atoms with Gasteiger partial charge in [0.05, 0.1) is 24.9 Å². The van der Waals surface area contributed by atoms with E-state index in [0.29, 0.717) is 12.1 Å². The molecule has 0 saturated heterocycles. The van der Waals surface area contributed by atoms with Crippen molar-refractivity contribution in [1.29, 1.82) is 0 Å². The first-order valence-electron chi connectivity index (χ1n) is 7.56. The zero-order valence-electron chi connectivity index (χ0n) is 13.5. The Kier molecular flexibility index (Phi) is 7.73. The summed E-state index contributed by atoms with van der Waals surface area (Å²) >= 11 is 0. The van der Waals surface area contributed by atoms with Gasteiger partial charge in [-0.25, -0.2) is 0 Å². The topological polar surface area (TPSA) is 89.8 Å². The van der Waals surface area contributed by atoms with Gasteiger partial charge in [0.25, 0.3) is 5.69 Å². The highest BCUT2D eigenvalue weighted by atomic mass is 16.6. The zero-order chi connectivity index (χ0) is 17.2. The summed E-state index contributed by atoms with van der Waals surface area (Å²) in [4.78, 5) is 35.8. The van der Waals surface area contributed by atoms with Gasteiger partial charge in [-0.15, -0.1) is 0 Å². The molecule has 0 atom stereocenters. The molecule has 0 spiro atoms. The fourth-order valence-corrected chi connectivity index (χ4v) is 2.15. The highest BCUT2D eigenvalue weighted by Crippen LogP contribution is 2.19. The SMILES string of the molecule is CCCCN(CCC(=O)OC)C(=O)Cc1ccccc1[N+](=O)[O-]. The van der Waals surface area contributed by atoms with Crippen molar-refractivity contribution in [3.8, 4) is 0 Å². The number of nitro benzene ring substituents is 1. The fraction of sp³-hybridized carbons (Fsp3) is 0.500. The summed E-state index contributed by atoms with van der Waals surface area (Å²) in [5.74, 6) is -0.610. The molecule has 0 fully saturated rings. The summed E-state index contributed by atoms with van der Waals surface area (Å²) < 4.78 is 4.59. The highest BCUT2D eigenvalue weighted by molar-refractivity contribution is 5.80. The molecule has 0 aliphatic heterocycles. The van der Waals surface area contributed by atoms with Gasteiger partial charge in [-0.2, -0.15) is 0 Å². The van der Waals surface area contributed by atoms with Crippen molar-refractivity contribution < 1.29 is 19.2 Å². The molecule has 126 valence electrons.